The minimum absolute atomic E-state index is 0.0252. The standard InChI is InChI=1S/C13H20N2O3S/c1-4-12(13(16)14-10(2)3)15-19(17,18)11-8-6-5-7-9-11/h5-10,12,15H,4H2,1-3H3,(H,14,16)/t12-/m0/s1. The highest BCUT2D eigenvalue weighted by atomic mass is 32.2. The molecule has 106 valence electrons. The number of hydrogen-bond acceptors (Lipinski definition) is 3. The maximum absolute atomic E-state index is 12.1. The summed E-state index contributed by atoms with van der Waals surface area (Å²) in [6, 6.07) is 7.23. The highest BCUT2D eigenvalue weighted by Crippen LogP contribution is 2.09. The Kier molecular flexibility index (Phi) is 5.50. The van der Waals surface area contributed by atoms with Gasteiger partial charge in [0.1, 0.15) is 6.04 Å². The fourth-order valence-electron chi connectivity index (χ4n) is 1.56. The third kappa shape index (κ3) is 4.65. The lowest BCUT2D eigenvalue weighted by atomic mass is 10.2. The molecule has 6 heteroatoms. The molecule has 1 atom stereocenters. The molecule has 1 amide bonds. The smallest absolute Gasteiger partial charge is 0.241 e. The van der Waals surface area contributed by atoms with Crippen LogP contribution >= 0.6 is 0 Å². The third-order valence-electron chi connectivity index (χ3n) is 2.51. The van der Waals surface area contributed by atoms with E-state index in [0.29, 0.717) is 6.42 Å². The molecule has 0 radical (unpaired) electrons. The van der Waals surface area contributed by atoms with Gasteiger partial charge in [-0.1, -0.05) is 25.1 Å². The van der Waals surface area contributed by atoms with Crippen molar-refractivity contribution < 1.29 is 13.2 Å². The van der Waals surface area contributed by atoms with Crippen LogP contribution in [0.4, 0.5) is 0 Å². The number of carbonyl (C=O) groups excluding carboxylic acids is 1. The molecule has 0 aliphatic heterocycles. The van der Waals surface area contributed by atoms with E-state index in [2.05, 4.69) is 10.0 Å². The Bertz CT molecular complexity index is 512. The van der Waals surface area contributed by atoms with Crippen molar-refractivity contribution in [3.8, 4) is 0 Å². The van der Waals surface area contributed by atoms with Crippen LogP contribution in [-0.2, 0) is 14.8 Å². The molecule has 19 heavy (non-hydrogen) atoms. The molecule has 0 fully saturated rings. The van der Waals surface area contributed by atoms with Gasteiger partial charge in [-0.2, -0.15) is 4.72 Å². The largest absolute Gasteiger partial charge is 0.353 e. The molecule has 0 unspecified atom stereocenters. The van der Waals surface area contributed by atoms with E-state index in [-0.39, 0.29) is 16.8 Å². The number of benzene rings is 1. The van der Waals surface area contributed by atoms with Gasteiger partial charge < -0.3 is 5.32 Å². The fourth-order valence-corrected chi connectivity index (χ4v) is 2.86. The first-order valence-corrected chi connectivity index (χ1v) is 7.73. The summed E-state index contributed by atoms with van der Waals surface area (Å²) in [5.74, 6) is -0.308. The van der Waals surface area contributed by atoms with Gasteiger partial charge in [0.15, 0.2) is 0 Å². The second kappa shape index (κ2) is 6.68. The van der Waals surface area contributed by atoms with Gasteiger partial charge in [0.2, 0.25) is 15.9 Å². The van der Waals surface area contributed by atoms with Crippen LogP contribution in [0, 0.1) is 0 Å². The van der Waals surface area contributed by atoms with Gasteiger partial charge in [0.25, 0.3) is 0 Å². The molecule has 0 aliphatic rings. The van der Waals surface area contributed by atoms with Crippen LogP contribution < -0.4 is 10.0 Å². The Morgan fingerprint density at radius 3 is 2.26 bits per heavy atom. The van der Waals surface area contributed by atoms with Crippen LogP contribution in [0.2, 0.25) is 0 Å². The first kappa shape index (κ1) is 15.7. The molecule has 5 nitrogen and oxygen atoms in total. The summed E-state index contributed by atoms with van der Waals surface area (Å²) in [4.78, 5) is 12.0. The first-order chi connectivity index (χ1) is 8.86. The van der Waals surface area contributed by atoms with Crippen molar-refractivity contribution in [2.24, 2.45) is 0 Å². The van der Waals surface area contributed by atoms with Gasteiger partial charge in [-0.15, -0.1) is 0 Å². The van der Waals surface area contributed by atoms with Gasteiger partial charge >= 0.3 is 0 Å². The highest BCUT2D eigenvalue weighted by molar-refractivity contribution is 7.89. The second-order valence-corrected chi connectivity index (χ2v) is 6.27. The SMILES string of the molecule is CC[C@H](NS(=O)(=O)c1ccccc1)C(=O)NC(C)C. The number of carbonyl (C=O) groups is 1. The lowest BCUT2D eigenvalue weighted by molar-refractivity contribution is -0.123. The van der Waals surface area contributed by atoms with Crippen molar-refractivity contribution in [2.45, 2.75) is 44.2 Å². The molecule has 1 aromatic rings. The molecular formula is C13H20N2O3S. The Balaban J connectivity index is 2.84. The monoisotopic (exact) mass is 284 g/mol. The van der Waals surface area contributed by atoms with Crippen LogP contribution in [0.5, 0.6) is 0 Å². The summed E-state index contributed by atoms with van der Waals surface area (Å²) in [7, 11) is -3.66. The van der Waals surface area contributed by atoms with Crippen molar-refractivity contribution in [1.82, 2.24) is 10.0 Å². The van der Waals surface area contributed by atoms with E-state index >= 15 is 0 Å². The van der Waals surface area contributed by atoms with Crippen molar-refractivity contribution in [3.05, 3.63) is 30.3 Å². The number of sulfonamides is 1. The molecule has 0 spiro atoms. The lowest BCUT2D eigenvalue weighted by Crippen LogP contribution is -2.48. The van der Waals surface area contributed by atoms with Gasteiger partial charge in [-0.05, 0) is 32.4 Å². The van der Waals surface area contributed by atoms with Gasteiger partial charge in [0, 0.05) is 6.04 Å². The summed E-state index contributed by atoms with van der Waals surface area (Å²) < 4.78 is 26.6. The average molecular weight is 284 g/mol. The summed E-state index contributed by atoms with van der Waals surface area (Å²) in [6.45, 7) is 5.42. The molecular weight excluding hydrogens is 264 g/mol. The van der Waals surface area contributed by atoms with Crippen LogP contribution in [0.15, 0.2) is 35.2 Å². The van der Waals surface area contributed by atoms with E-state index in [1.807, 2.05) is 13.8 Å². The van der Waals surface area contributed by atoms with Crippen LogP contribution in [0.25, 0.3) is 0 Å². The Morgan fingerprint density at radius 1 is 1.21 bits per heavy atom. The summed E-state index contributed by atoms with van der Waals surface area (Å²) in [5.41, 5.74) is 0. The number of hydrogen-bond donors (Lipinski definition) is 2. The van der Waals surface area contributed by atoms with Crippen LogP contribution in [0.3, 0.4) is 0 Å². The van der Waals surface area contributed by atoms with E-state index in [1.165, 1.54) is 12.1 Å². The zero-order valence-corrected chi connectivity index (χ0v) is 12.2. The van der Waals surface area contributed by atoms with Crippen molar-refractivity contribution in [3.63, 3.8) is 0 Å². The van der Waals surface area contributed by atoms with Crippen LogP contribution in [-0.4, -0.2) is 26.4 Å². The zero-order valence-electron chi connectivity index (χ0n) is 11.4. The van der Waals surface area contributed by atoms with E-state index < -0.39 is 16.1 Å². The molecule has 0 saturated heterocycles. The number of rotatable bonds is 6. The molecule has 0 heterocycles. The summed E-state index contributed by atoms with van der Waals surface area (Å²) >= 11 is 0. The Morgan fingerprint density at radius 2 is 1.79 bits per heavy atom. The minimum atomic E-state index is -3.66. The van der Waals surface area contributed by atoms with E-state index in [1.54, 1.807) is 25.1 Å². The molecule has 0 aliphatic carbocycles. The maximum Gasteiger partial charge on any atom is 0.241 e. The quantitative estimate of drug-likeness (QED) is 0.826. The number of nitrogens with one attached hydrogen (secondary N) is 2. The summed E-state index contributed by atoms with van der Waals surface area (Å²) in [6.07, 6.45) is 0.393. The molecule has 0 bridgehead atoms. The van der Waals surface area contributed by atoms with Gasteiger partial charge in [-0.25, -0.2) is 8.42 Å². The third-order valence-corrected chi connectivity index (χ3v) is 3.99. The van der Waals surface area contributed by atoms with Crippen LogP contribution in [0.1, 0.15) is 27.2 Å². The van der Waals surface area contributed by atoms with E-state index in [9.17, 15) is 13.2 Å². The topological polar surface area (TPSA) is 75.3 Å². The molecule has 0 aromatic heterocycles. The van der Waals surface area contributed by atoms with Gasteiger partial charge in [0.05, 0.1) is 4.90 Å². The lowest BCUT2D eigenvalue weighted by Gasteiger charge is -2.18. The van der Waals surface area contributed by atoms with Crippen molar-refractivity contribution in [2.75, 3.05) is 0 Å². The Labute approximate surface area is 114 Å². The number of amides is 1. The average Bonchev–Trinajstić information content (AvgIpc) is 2.36. The second-order valence-electron chi connectivity index (χ2n) is 4.56. The normalized spacial score (nSPS) is 13.3. The summed E-state index contributed by atoms with van der Waals surface area (Å²) in [5, 5.41) is 2.70. The molecule has 1 rings (SSSR count). The highest BCUT2D eigenvalue weighted by Gasteiger charge is 2.24. The molecule has 1 aromatic carbocycles. The fraction of sp³-hybridized carbons (Fsp3) is 0.462. The Hall–Kier alpha value is -1.40. The zero-order chi connectivity index (χ0) is 14.5. The predicted molar refractivity (Wildman–Crippen MR) is 74.1 cm³/mol. The van der Waals surface area contributed by atoms with E-state index in [0.717, 1.165) is 0 Å². The van der Waals surface area contributed by atoms with Gasteiger partial charge in [-0.3, -0.25) is 4.79 Å². The van der Waals surface area contributed by atoms with Crippen molar-refractivity contribution >= 4 is 15.9 Å². The molecule has 2 N–H and O–H groups in total. The maximum atomic E-state index is 12.1. The predicted octanol–water partition coefficient (Wildman–Crippen LogP) is 1.27. The molecule has 0 saturated carbocycles. The van der Waals surface area contributed by atoms with Crippen molar-refractivity contribution in [1.29, 1.82) is 0 Å². The first-order valence-electron chi connectivity index (χ1n) is 6.24. The van der Waals surface area contributed by atoms with E-state index in [4.69, 9.17) is 0 Å². The minimum Gasteiger partial charge on any atom is -0.353 e.